The van der Waals surface area contributed by atoms with Gasteiger partial charge in [0.25, 0.3) is 0 Å². The second-order valence-corrected chi connectivity index (χ2v) is 4.64. The van der Waals surface area contributed by atoms with Crippen molar-refractivity contribution in [1.82, 2.24) is 4.90 Å². The van der Waals surface area contributed by atoms with Crippen LogP contribution < -0.4 is 4.74 Å². The van der Waals surface area contributed by atoms with Gasteiger partial charge in [-0.2, -0.15) is 0 Å². The minimum atomic E-state index is 0.663. The molecule has 16 heavy (non-hydrogen) atoms. The fourth-order valence-electron chi connectivity index (χ4n) is 2.41. The van der Waals surface area contributed by atoms with Crippen molar-refractivity contribution in [3.63, 3.8) is 0 Å². The maximum absolute atomic E-state index is 5.16. The van der Waals surface area contributed by atoms with Crippen LogP contribution in [0, 0.1) is 0 Å². The van der Waals surface area contributed by atoms with Crippen LogP contribution in [0.2, 0.25) is 0 Å². The molecular formula is C14H21NO. The summed E-state index contributed by atoms with van der Waals surface area (Å²) in [6, 6.07) is 9.10. The molecule has 0 amide bonds. The van der Waals surface area contributed by atoms with Gasteiger partial charge in [-0.05, 0) is 57.0 Å². The molecule has 1 heterocycles. The monoisotopic (exact) mass is 219 g/mol. The first-order valence-electron chi connectivity index (χ1n) is 6.16. The Kier molecular flexibility index (Phi) is 3.83. The Morgan fingerprint density at radius 2 is 1.81 bits per heavy atom. The highest BCUT2D eigenvalue weighted by molar-refractivity contribution is 5.27. The predicted octanol–water partition coefficient (Wildman–Crippen LogP) is 2.72. The molecule has 1 aliphatic rings. The van der Waals surface area contributed by atoms with Crippen molar-refractivity contribution in [3.05, 3.63) is 29.8 Å². The molecule has 1 aromatic carbocycles. The summed E-state index contributed by atoms with van der Waals surface area (Å²) in [5, 5.41) is 0. The van der Waals surface area contributed by atoms with Crippen LogP contribution in [0.25, 0.3) is 0 Å². The predicted molar refractivity (Wildman–Crippen MR) is 67.0 cm³/mol. The second kappa shape index (κ2) is 5.35. The van der Waals surface area contributed by atoms with E-state index in [0.29, 0.717) is 6.04 Å². The first kappa shape index (κ1) is 11.5. The van der Waals surface area contributed by atoms with Crippen LogP contribution in [0.4, 0.5) is 0 Å². The Balaban J connectivity index is 1.92. The fourth-order valence-corrected chi connectivity index (χ4v) is 2.41. The van der Waals surface area contributed by atoms with Crippen LogP contribution in [-0.4, -0.2) is 31.1 Å². The molecule has 1 aliphatic heterocycles. The van der Waals surface area contributed by atoms with E-state index >= 15 is 0 Å². The summed E-state index contributed by atoms with van der Waals surface area (Å²) < 4.78 is 5.16. The number of likely N-dealkylation sites (tertiary alicyclic amines) is 1. The minimum Gasteiger partial charge on any atom is -0.497 e. The van der Waals surface area contributed by atoms with Crippen LogP contribution >= 0.6 is 0 Å². The molecule has 2 nitrogen and oxygen atoms in total. The lowest BCUT2D eigenvalue weighted by molar-refractivity contribution is 0.257. The molecule has 0 aromatic heterocycles. The molecule has 0 N–H and O–H groups in total. The smallest absolute Gasteiger partial charge is 0.118 e. The van der Waals surface area contributed by atoms with Crippen molar-refractivity contribution in [1.29, 1.82) is 0 Å². The number of rotatable bonds is 4. The molecule has 1 atom stereocenters. The highest BCUT2D eigenvalue weighted by atomic mass is 16.5. The lowest BCUT2D eigenvalue weighted by Gasteiger charge is -2.23. The van der Waals surface area contributed by atoms with Crippen molar-refractivity contribution in [2.75, 3.05) is 20.2 Å². The van der Waals surface area contributed by atoms with Crippen LogP contribution in [0.15, 0.2) is 24.3 Å². The Morgan fingerprint density at radius 1 is 1.19 bits per heavy atom. The SMILES string of the molecule is COc1ccc(CC(C)N2CCCC2)cc1. The van der Waals surface area contributed by atoms with Crippen molar-refractivity contribution >= 4 is 0 Å². The van der Waals surface area contributed by atoms with Gasteiger partial charge < -0.3 is 9.64 Å². The van der Waals surface area contributed by atoms with Gasteiger partial charge in [0, 0.05) is 6.04 Å². The van der Waals surface area contributed by atoms with E-state index in [9.17, 15) is 0 Å². The lowest BCUT2D eigenvalue weighted by Crippen LogP contribution is -2.31. The van der Waals surface area contributed by atoms with Gasteiger partial charge in [0.05, 0.1) is 7.11 Å². The molecule has 1 fully saturated rings. The van der Waals surface area contributed by atoms with Gasteiger partial charge in [-0.3, -0.25) is 0 Å². The maximum atomic E-state index is 5.16. The van der Waals surface area contributed by atoms with E-state index in [1.54, 1.807) is 7.11 Å². The molecule has 0 spiro atoms. The highest BCUT2D eigenvalue weighted by Crippen LogP contribution is 2.17. The van der Waals surface area contributed by atoms with Crippen LogP contribution in [0.5, 0.6) is 5.75 Å². The number of methoxy groups -OCH3 is 1. The molecule has 0 saturated carbocycles. The molecule has 1 saturated heterocycles. The quantitative estimate of drug-likeness (QED) is 0.772. The van der Waals surface area contributed by atoms with E-state index in [0.717, 1.165) is 12.2 Å². The summed E-state index contributed by atoms with van der Waals surface area (Å²) in [5.74, 6) is 0.942. The number of hydrogen-bond donors (Lipinski definition) is 0. The van der Waals surface area contributed by atoms with Crippen molar-refractivity contribution in [2.24, 2.45) is 0 Å². The molecule has 1 unspecified atom stereocenters. The second-order valence-electron chi connectivity index (χ2n) is 4.64. The lowest BCUT2D eigenvalue weighted by atomic mass is 10.1. The van der Waals surface area contributed by atoms with Gasteiger partial charge in [0.1, 0.15) is 5.75 Å². The average Bonchev–Trinajstić information content (AvgIpc) is 2.83. The number of nitrogens with zero attached hydrogens (tertiary/aromatic N) is 1. The zero-order valence-electron chi connectivity index (χ0n) is 10.3. The molecule has 2 rings (SSSR count). The Hall–Kier alpha value is -1.02. The van der Waals surface area contributed by atoms with Crippen molar-refractivity contribution < 1.29 is 4.74 Å². The van der Waals surface area contributed by atoms with Gasteiger partial charge in [0.15, 0.2) is 0 Å². The Morgan fingerprint density at radius 3 is 2.38 bits per heavy atom. The third kappa shape index (κ3) is 2.76. The van der Waals surface area contributed by atoms with E-state index < -0.39 is 0 Å². The number of benzene rings is 1. The number of hydrogen-bond acceptors (Lipinski definition) is 2. The minimum absolute atomic E-state index is 0.663. The van der Waals surface area contributed by atoms with E-state index in [4.69, 9.17) is 4.74 Å². The molecule has 88 valence electrons. The van der Waals surface area contributed by atoms with Gasteiger partial charge in [-0.15, -0.1) is 0 Å². The van der Waals surface area contributed by atoms with Gasteiger partial charge in [0.2, 0.25) is 0 Å². The standard InChI is InChI=1S/C14H21NO/c1-12(15-9-3-4-10-15)11-13-5-7-14(16-2)8-6-13/h5-8,12H,3-4,9-11H2,1-2H3. The van der Waals surface area contributed by atoms with Crippen molar-refractivity contribution in [3.8, 4) is 5.75 Å². The molecular weight excluding hydrogens is 198 g/mol. The normalized spacial score (nSPS) is 18.6. The molecule has 2 heteroatoms. The largest absolute Gasteiger partial charge is 0.497 e. The summed E-state index contributed by atoms with van der Waals surface area (Å²) in [6.07, 6.45) is 3.88. The van der Waals surface area contributed by atoms with Crippen LogP contribution in [-0.2, 0) is 6.42 Å². The first-order chi connectivity index (χ1) is 7.79. The van der Waals surface area contributed by atoms with Gasteiger partial charge in [-0.25, -0.2) is 0 Å². The van der Waals surface area contributed by atoms with Gasteiger partial charge in [-0.1, -0.05) is 12.1 Å². The van der Waals surface area contributed by atoms with E-state index in [-0.39, 0.29) is 0 Å². The summed E-state index contributed by atoms with van der Waals surface area (Å²) >= 11 is 0. The van der Waals surface area contributed by atoms with Crippen molar-refractivity contribution in [2.45, 2.75) is 32.2 Å². The van der Waals surface area contributed by atoms with E-state index in [1.165, 1.54) is 31.5 Å². The Bertz CT molecular complexity index is 314. The van der Waals surface area contributed by atoms with E-state index in [2.05, 4.69) is 24.0 Å². The fraction of sp³-hybridized carbons (Fsp3) is 0.571. The summed E-state index contributed by atoms with van der Waals surface area (Å²) in [7, 11) is 1.71. The molecule has 1 aromatic rings. The average molecular weight is 219 g/mol. The third-order valence-corrected chi connectivity index (χ3v) is 3.45. The first-order valence-corrected chi connectivity index (χ1v) is 6.16. The number of ether oxygens (including phenoxy) is 1. The zero-order chi connectivity index (χ0) is 11.4. The van der Waals surface area contributed by atoms with Crippen LogP contribution in [0.3, 0.4) is 0 Å². The topological polar surface area (TPSA) is 12.5 Å². The summed E-state index contributed by atoms with van der Waals surface area (Å²) in [6.45, 7) is 4.88. The molecule has 0 aliphatic carbocycles. The van der Waals surface area contributed by atoms with Gasteiger partial charge >= 0.3 is 0 Å². The van der Waals surface area contributed by atoms with E-state index in [1.807, 2.05) is 12.1 Å². The molecule has 0 radical (unpaired) electrons. The summed E-state index contributed by atoms with van der Waals surface area (Å²) in [5.41, 5.74) is 1.40. The van der Waals surface area contributed by atoms with Crippen LogP contribution in [0.1, 0.15) is 25.3 Å². The summed E-state index contributed by atoms with van der Waals surface area (Å²) in [4.78, 5) is 2.59. The zero-order valence-corrected chi connectivity index (χ0v) is 10.3. The highest BCUT2D eigenvalue weighted by Gasteiger charge is 2.17. The maximum Gasteiger partial charge on any atom is 0.118 e. The third-order valence-electron chi connectivity index (χ3n) is 3.45. The Labute approximate surface area is 98.2 Å². The molecule has 0 bridgehead atoms.